The van der Waals surface area contributed by atoms with Crippen LogP contribution in [0, 0.1) is 0 Å². The molecule has 24 heavy (non-hydrogen) atoms. The van der Waals surface area contributed by atoms with Crippen LogP contribution in [-0.2, 0) is 4.79 Å². The second-order valence-corrected chi connectivity index (χ2v) is 6.03. The van der Waals surface area contributed by atoms with Crippen molar-refractivity contribution in [2.75, 3.05) is 13.2 Å². The zero-order valence-corrected chi connectivity index (χ0v) is 14.0. The van der Waals surface area contributed by atoms with Crippen molar-refractivity contribution in [1.29, 1.82) is 0 Å². The average molecular weight is 329 g/mol. The van der Waals surface area contributed by atoms with Gasteiger partial charge in [-0.15, -0.1) is 10.2 Å². The van der Waals surface area contributed by atoms with Gasteiger partial charge in [-0.05, 0) is 44.0 Å². The van der Waals surface area contributed by atoms with E-state index in [1.807, 2.05) is 36.1 Å². The molecule has 1 aromatic carbocycles. The van der Waals surface area contributed by atoms with Crippen molar-refractivity contribution < 1.29 is 13.9 Å². The van der Waals surface area contributed by atoms with Crippen molar-refractivity contribution in [3.8, 4) is 17.2 Å². The summed E-state index contributed by atoms with van der Waals surface area (Å²) in [6.07, 6.45) is 7.23. The molecule has 0 spiro atoms. The fourth-order valence-electron chi connectivity index (χ4n) is 3.25. The Morgan fingerprint density at radius 1 is 1.25 bits per heavy atom. The molecule has 128 valence electrons. The van der Waals surface area contributed by atoms with Gasteiger partial charge in [0, 0.05) is 18.2 Å². The largest absolute Gasteiger partial charge is 0.484 e. The lowest BCUT2D eigenvalue weighted by molar-refractivity contribution is -0.136. The Kier molecular flexibility index (Phi) is 5.46. The van der Waals surface area contributed by atoms with Crippen molar-refractivity contribution >= 4 is 5.91 Å². The van der Waals surface area contributed by atoms with E-state index in [4.69, 9.17) is 9.15 Å². The van der Waals surface area contributed by atoms with Crippen molar-refractivity contribution in [2.45, 2.75) is 45.1 Å². The van der Waals surface area contributed by atoms with Gasteiger partial charge in [0.15, 0.2) is 6.61 Å². The Morgan fingerprint density at radius 2 is 2.00 bits per heavy atom. The molecule has 1 aliphatic carbocycles. The number of benzene rings is 1. The molecule has 1 fully saturated rings. The van der Waals surface area contributed by atoms with Crippen LogP contribution in [0.25, 0.3) is 11.5 Å². The zero-order chi connectivity index (χ0) is 16.8. The lowest BCUT2D eigenvalue weighted by Gasteiger charge is -2.33. The van der Waals surface area contributed by atoms with E-state index >= 15 is 0 Å². The molecule has 0 N–H and O–H groups in total. The van der Waals surface area contributed by atoms with Crippen LogP contribution in [0.2, 0.25) is 0 Å². The van der Waals surface area contributed by atoms with Crippen LogP contribution >= 0.6 is 0 Å². The monoisotopic (exact) mass is 329 g/mol. The molecule has 0 saturated heterocycles. The van der Waals surface area contributed by atoms with Crippen LogP contribution in [0.3, 0.4) is 0 Å². The molecule has 0 bridgehead atoms. The quantitative estimate of drug-likeness (QED) is 0.813. The Hall–Kier alpha value is -2.37. The summed E-state index contributed by atoms with van der Waals surface area (Å²) in [6.45, 7) is 2.85. The Morgan fingerprint density at radius 3 is 2.62 bits per heavy atom. The second-order valence-electron chi connectivity index (χ2n) is 6.03. The number of aromatic nitrogens is 2. The molecule has 0 aliphatic heterocycles. The first kappa shape index (κ1) is 16.5. The lowest BCUT2D eigenvalue weighted by atomic mass is 9.94. The fourth-order valence-corrected chi connectivity index (χ4v) is 3.25. The normalized spacial score (nSPS) is 15.2. The molecular formula is C18H23N3O3. The maximum Gasteiger partial charge on any atom is 0.260 e. The molecule has 1 aliphatic rings. The van der Waals surface area contributed by atoms with Crippen molar-refractivity contribution in [3.63, 3.8) is 0 Å². The SMILES string of the molecule is CCN(C(=O)COc1ccc(-c2nnco2)cc1)C1CCCCC1. The predicted octanol–water partition coefficient (Wildman–Crippen LogP) is 3.30. The van der Waals surface area contributed by atoms with E-state index in [-0.39, 0.29) is 12.5 Å². The van der Waals surface area contributed by atoms with Crippen LogP contribution in [-0.4, -0.2) is 40.2 Å². The van der Waals surface area contributed by atoms with Crippen LogP contribution in [0.15, 0.2) is 35.1 Å². The third-order valence-corrected chi connectivity index (χ3v) is 4.50. The maximum absolute atomic E-state index is 12.5. The van der Waals surface area contributed by atoms with Gasteiger partial charge < -0.3 is 14.1 Å². The second kappa shape index (κ2) is 7.95. The molecule has 1 saturated carbocycles. The third-order valence-electron chi connectivity index (χ3n) is 4.50. The smallest absolute Gasteiger partial charge is 0.260 e. The molecule has 3 rings (SSSR count). The minimum absolute atomic E-state index is 0.0605. The summed E-state index contributed by atoms with van der Waals surface area (Å²) in [5.74, 6) is 1.18. The summed E-state index contributed by atoms with van der Waals surface area (Å²) in [7, 11) is 0. The molecule has 6 heteroatoms. The Bertz CT molecular complexity index is 634. The van der Waals surface area contributed by atoms with Gasteiger partial charge in [0.05, 0.1) is 0 Å². The first-order valence-electron chi connectivity index (χ1n) is 8.57. The summed E-state index contributed by atoms with van der Waals surface area (Å²) in [4.78, 5) is 14.4. The molecule has 1 heterocycles. The molecule has 2 aromatic rings. The minimum atomic E-state index is 0.0605. The van der Waals surface area contributed by atoms with Gasteiger partial charge in [-0.25, -0.2) is 0 Å². The van der Waals surface area contributed by atoms with Crippen LogP contribution in [0.4, 0.5) is 0 Å². The average Bonchev–Trinajstić information content (AvgIpc) is 3.17. The molecule has 1 aromatic heterocycles. The van der Waals surface area contributed by atoms with Gasteiger partial charge in [-0.2, -0.15) is 0 Å². The molecule has 1 amide bonds. The number of nitrogens with zero attached hydrogens (tertiary/aromatic N) is 3. The van der Waals surface area contributed by atoms with E-state index in [1.54, 1.807) is 0 Å². The van der Waals surface area contributed by atoms with Crippen molar-refractivity contribution in [1.82, 2.24) is 15.1 Å². The van der Waals surface area contributed by atoms with Gasteiger partial charge in [0.25, 0.3) is 5.91 Å². The van der Waals surface area contributed by atoms with Gasteiger partial charge in [-0.3, -0.25) is 4.79 Å². The standard InChI is InChI=1S/C18H23N3O3/c1-2-21(15-6-4-3-5-7-15)17(22)12-23-16-10-8-14(9-11-16)18-20-19-13-24-18/h8-11,13,15H,2-7,12H2,1H3. The lowest BCUT2D eigenvalue weighted by Crippen LogP contribution is -2.43. The number of likely N-dealkylation sites (N-methyl/N-ethyl adjacent to an activating group) is 1. The molecule has 0 atom stereocenters. The van der Waals surface area contributed by atoms with Gasteiger partial charge >= 0.3 is 0 Å². The van der Waals surface area contributed by atoms with E-state index in [1.165, 1.54) is 25.7 Å². The van der Waals surface area contributed by atoms with Crippen LogP contribution < -0.4 is 4.74 Å². The first-order chi connectivity index (χ1) is 11.8. The molecule has 0 radical (unpaired) electrons. The Labute approximate surface area is 141 Å². The van der Waals surface area contributed by atoms with E-state index in [9.17, 15) is 4.79 Å². The van der Waals surface area contributed by atoms with Crippen LogP contribution in [0.5, 0.6) is 5.75 Å². The van der Waals surface area contributed by atoms with Crippen molar-refractivity contribution in [2.24, 2.45) is 0 Å². The number of rotatable bonds is 6. The number of carbonyl (C=O) groups excluding carboxylic acids is 1. The number of hydrogen-bond donors (Lipinski definition) is 0. The predicted molar refractivity (Wildman–Crippen MR) is 89.5 cm³/mol. The van der Waals surface area contributed by atoms with Gasteiger partial charge in [0.1, 0.15) is 5.75 Å². The summed E-state index contributed by atoms with van der Waals surface area (Å²) >= 11 is 0. The van der Waals surface area contributed by atoms with E-state index < -0.39 is 0 Å². The highest BCUT2D eigenvalue weighted by atomic mass is 16.5. The summed E-state index contributed by atoms with van der Waals surface area (Å²) in [5.41, 5.74) is 0.823. The highest BCUT2D eigenvalue weighted by molar-refractivity contribution is 5.78. The summed E-state index contributed by atoms with van der Waals surface area (Å²) in [5, 5.41) is 7.51. The minimum Gasteiger partial charge on any atom is -0.484 e. The van der Waals surface area contributed by atoms with E-state index in [0.717, 1.165) is 24.9 Å². The fraction of sp³-hybridized carbons (Fsp3) is 0.500. The Balaban J connectivity index is 1.55. The van der Waals surface area contributed by atoms with E-state index in [0.29, 0.717) is 17.7 Å². The summed E-state index contributed by atoms with van der Waals surface area (Å²) < 4.78 is 10.8. The molecule has 0 unspecified atom stereocenters. The highest BCUT2D eigenvalue weighted by Crippen LogP contribution is 2.23. The number of amides is 1. The molecule has 6 nitrogen and oxygen atoms in total. The maximum atomic E-state index is 12.5. The van der Waals surface area contributed by atoms with Crippen LogP contribution in [0.1, 0.15) is 39.0 Å². The topological polar surface area (TPSA) is 68.5 Å². The number of carbonyl (C=O) groups is 1. The zero-order valence-electron chi connectivity index (χ0n) is 14.0. The summed E-state index contributed by atoms with van der Waals surface area (Å²) in [6, 6.07) is 7.67. The van der Waals surface area contributed by atoms with E-state index in [2.05, 4.69) is 10.2 Å². The van der Waals surface area contributed by atoms with Crippen molar-refractivity contribution in [3.05, 3.63) is 30.7 Å². The first-order valence-corrected chi connectivity index (χ1v) is 8.57. The third kappa shape index (κ3) is 3.93. The number of hydrogen-bond acceptors (Lipinski definition) is 5. The van der Waals surface area contributed by atoms with Gasteiger partial charge in [-0.1, -0.05) is 19.3 Å². The molecular weight excluding hydrogens is 306 g/mol. The highest BCUT2D eigenvalue weighted by Gasteiger charge is 2.24. The number of ether oxygens (including phenoxy) is 1. The van der Waals surface area contributed by atoms with Gasteiger partial charge in [0.2, 0.25) is 12.3 Å².